The van der Waals surface area contributed by atoms with Gasteiger partial charge in [0.15, 0.2) is 12.6 Å². The first-order chi connectivity index (χ1) is 30.1. The maximum atomic E-state index is 13.1. The molecule has 9 N–H and O–H groups in total. The topological polar surface area (TPSA) is 228 Å². The summed E-state index contributed by atoms with van der Waals surface area (Å²) in [5, 5.41) is 86.4. The van der Waals surface area contributed by atoms with E-state index < -0.39 is 86.8 Å². The quantitative estimate of drug-likeness (QED) is 0.0317. The normalized spacial score (nSPS) is 28.4. The summed E-state index contributed by atoms with van der Waals surface area (Å²) < 4.78 is 22.6. The van der Waals surface area contributed by atoms with E-state index >= 15 is 0 Å². The third-order valence-electron chi connectivity index (χ3n) is 10.9. The van der Waals surface area contributed by atoms with Crippen LogP contribution in [0.5, 0.6) is 0 Å². The fraction of sp³-hybridized carbons (Fsp3) is 0.729. The Morgan fingerprint density at radius 2 is 1.10 bits per heavy atom. The number of amides is 1. The molecule has 14 heteroatoms. The second-order valence-corrected chi connectivity index (χ2v) is 16.2. The van der Waals surface area contributed by atoms with Gasteiger partial charge in [0.1, 0.15) is 48.8 Å². The van der Waals surface area contributed by atoms with Gasteiger partial charge in [-0.1, -0.05) is 151 Å². The van der Waals surface area contributed by atoms with Gasteiger partial charge >= 0.3 is 0 Å². The molecule has 0 aliphatic carbocycles. The predicted octanol–water partition coefficient (Wildman–Crippen LogP) is 4.87. The molecular weight excluding hydrogens is 799 g/mol. The van der Waals surface area contributed by atoms with Gasteiger partial charge in [-0.15, -0.1) is 0 Å². The minimum absolute atomic E-state index is 0.0457. The summed E-state index contributed by atoms with van der Waals surface area (Å²) in [6.45, 7) is 2.56. The molecule has 62 heavy (non-hydrogen) atoms. The number of ether oxygens (including phenoxy) is 4. The first kappa shape index (κ1) is 55.6. The minimum atomic E-state index is -1.80. The Kier molecular flexibility index (Phi) is 31.2. The fourth-order valence-electron chi connectivity index (χ4n) is 7.12. The standard InChI is InChI=1S/C48H81NO13/c1-3-5-7-9-11-13-15-17-18-20-22-24-26-28-30-32-40(53)49-36(37(52)31-29-27-25-23-21-19-16-14-12-10-8-6-4-2)35-59-47-45(58)43(56)46(39(34-51)61-47)62-48-44(57)42(55)41(54)38(33-50)60-48/h5,7,11,13,17-18,22,24,28-31,36-39,41-48,50-52,54-58H,3-4,6,8-10,12,14-16,19-21,23,25-27,32-35H2,1-2H3,(H,49,53)/b7-5-,13-11-,18-17-,24-22-,30-28-,31-29+. The highest BCUT2D eigenvalue weighted by molar-refractivity contribution is 5.77. The number of nitrogens with one attached hydrogen (secondary N) is 1. The fourth-order valence-corrected chi connectivity index (χ4v) is 7.12. The van der Waals surface area contributed by atoms with Crippen LogP contribution in [0.2, 0.25) is 0 Å². The molecule has 2 heterocycles. The van der Waals surface area contributed by atoms with Crippen molar-refractivity contribution in [2.24, 2.45) is 0 Å². The highest BCUT2D eigenvalue weighted by atomic mass is 16.7. The van der Waals surface area contributed by atoms with Gasteiger partial charge in [0.05, 0.1) is 32.0 Å². The van der Waals surface area contributed by atoms with E-state index in [1.807, 2.05) is 18.2 Å². The Labute approximate surface area is 370 Å². The van der Waals surface area contributed by atoms with Crippen LogP contribution >= 0.6 is 0 Å². The summed E-state index contributed by atoms with van der Waals surface area (Å²) in [5.74, 6) is -0.371. The monoisotopic (exact) mass is 880 g/mol. The molecule has 0 aromatic carbocycles. The van der Waals surface area contributed by atoms with Crippen molar-refractivity contribution < 1.29 is 64.6 Å². The van der Waals surface area contributed by atoms with E-state index in [9.17, 15) is 45.6 Å². The Morgan fingerprint density at radius 1 is 0.597 bits per heavy atom. The Morgan fingerprint density at radius 3 is 1.65 bits per heavy atom. The summed E-state index contributed by atoms with van der Waals surface area (Å²) in [5.41, 5.74) is 0. The minimum Gasteiger partial charge on any atom is -0.394 e. The summed E-state index contributed by atoms with van der Waals surface area (Å²) in [6.07, 6.45) is 25.4. The Bertz CT molecular complexity index is 1320. The van der Waals surface area contributed by atoms with E-state index in [1.54, 1.807) is 12.2 Å². The van der Waals surface area contributed by atoms with Crippen LogP contribution < -0.4 is 5.32 Å². The largest absolute Gasteiger partial charge is 0.394 e. The molecule has 0 aromatic heterocycles. The van der Waals surface area contributed by atoms with Gasteiger partial charge in [-0.25, -0.2) is 0 Å². The van der Waals surface area contributed by atoms with Gasteiger partial charge in [-0.3, -0.25) is 4.79 Å². The Hall–Kier alpha value is -2.57. The molecular formula is C48H81NO13. The van der Waals surface area contributed by atoms with E-state index in [0.717, 1.165) is 51.4 Å². The number of carbonyl (C=O) groups is 1. The van der Waals surface area contributed by atoms with Crippen molar-refractivity contribution in [1.82, 2.24) is 5.32 Å². The van der Waals surface area contributed by atoms with Crippen LogP contribution in [0.25, 0.3) is 0 Å². The van der Waals surface area contributed by atoms with E-state index in [2.05, 4.69) is 61.7 Å². The smallest absolute Gasteiger partial charge is 0.224 e. The summed E-state index contributed by atoms with van der Waals surface area (Å²) >= 11 is 0. The third kappa shape index (κ3) is 22.4. The van der Waals surface area contributed by atoms with E-state index in [-0.39, 0.29) is 18.9 Å². The van der Waals surface area contributed by atoms with Crippen LogP contribution in [-0.2, 0) is 23.7 Å². The van der Waals surface area contributed by atoms with Gasteiger partial charge < -0.3 is 65.1 Å². The molecule has 12 atom stereocenters. The second kappa shape index (κ2) is 34.8. The van der Waals surface area contributed by atoms with E-state index in [0.29, 0.717) is 6.42 Å². The maximum Gasteiger partial charge on any atom is 0.224 e. The molecule has 2 rings (SSSR count). The number of aliphatic hydroxyl groups excluding tert-OH is 8. The van der Waals surface area contributed by atoms with Crippen molar-refractivity contribution in [3.8, 4) is 0 Å². The average molecular weight is 880 g/mol. The van der Waals surface area contributed by atoms with Gasteiger partial charge in [-0.2, -0.15) is 0 Å². The molecule has 356 valence electrons. The lowest BCUT2D eigenvalue weighted by atomic mass is 9.97. The molecule has 14 nitrogen and oxygen atoms in total. The molecule has 0 saturated carbocycles. The van der Waals surface area contributed by atoms with Gasteiger partial charge in [0, 0.05) is 6.42 Å². The lowest BCUT2D eigenvalue weighted by Gasteiger charge is -2.46. The molecule has 2 aliphatic heterocycles. The van der Waals surface area contributed by atoms with Crippen molar-refractivity contribution in [3.05, 3.63) is 72.9 Å². The zero-order valence-corrected chi connectivity index (χ0v) is 37.3. The number of hydrogen-bond donors (Lipinski definition) is 9. The third-order valence-corrected chi connectivity index (χ3v) is 10.9. The molecule has 0 radical (unpaired) electrons. The first-order valence-corrected chi connectivity index (χ1v) is 23.2. The average Bonchev–Trinajstić information content (AvgIpc) is 3.27. The second-order valence-electron chi connectivity index (χ2n) is 16.2. The molecule has 1 amide bonds. The number of hydrogen-bond acceptors (Lipinski definition) is 13. The number of unbranched alkanes of at least 4 members (excludes halogenated alkanes) is 11. The van der Waals surface area contributed by atoms with Crippen molar-refractivity contribution in [3.63, 3.8) is 0 Å². The number of allylic oxidation sites excluding steroid dienone is 10. The zero-order chi connectivity index (χ0) is 45.4. The molecule has 0 bridgehead atoms. The van der Waals surface area contributed by atoms with Gasteiger partial charge in [0.25, 0.3) is 0 Å². The van der Waals surface area contributed by atoms with Crippen molar-refractivity contribution >= 4 is 5.91 Å². The number of carbonyl (C=O) groups excluding carboxylic acids is 1. The lowest BCUT2D eigenvalue weighted by molar-refractivity contribution is -0.359. The maximum absolute atomic E-state index is 13.1. The Balaban J connectivity index is 1.95. The van der Waals surface area contributed by atoms with Crippen molar-refractivity contribution in [1.29, 1.82) is 0 Å². The van der Waals surface area contributed by atoms with Crippen LogP contribution in [0.3, 0.4) is 0 Å². The van der Waals surface area contributed by atoms with Crippen LogP contribution in [0.4, 0.5) is 0 Å². The summed E-state index contributed by atoms with van der Waals surface area (Å²) in [6, 6.07) is -0.970. The van der Waals surface area contributed by atoms with Crippen molar-refractivity contribution in [2.75, 3.05) is 19.8 Å². The molecule has 2 fully saturated rings. The van der Waals surface area contributed by atoms with Gasteiger partial charge in [0.2, 0.25) is 5.91 Å². The molecule has 2 aliphatic rings. The van der Waals surface area contributed by atoms with Gasteiger partial charge in [-0.05, 0) is 44.9 Å². The summed E-state index contributed by atoms with van der Waals surface area (Å²) in [7, 11) is 0. The van der Waals surface area contributed by atoms with Crippen LogP contribution in [-0.4, -0.2) is 140 Å². The van der Waals surface area contributed by atoms with Crippen molar-refractivity contribution in [2.45, 2.75) is 203 Å². The summed E-state index contributed by atoms with van der Waals surface area (Å²) in [4.78, 5) is 13.1. The molecule has 2 saturated heterocycles. The lowest BCUT2D eigenvalue weighted by Crippen LogP contribution is -2.65. The van der Waals surface area contributed by atoms with Crippen LogP contribution in [0.1, 0.15) is 129 Å². The van der Waals surface area contributed by atoms with Crippen LogP contribution in [0.15, 0.2) is 72.9 Å². The number of aliphatic hydroxyl groups is 8. The highest BCUT2D eigenvalue weighted by Crippen LogP contribution is 2.30. The van der Waals surface area contributed by atoms with E-state index in [4.69, 9.17) is 18.9 Å². The highest BCUT2D eigenvalue weighted by Gasteiger charge is 2.50. The molecule has 12 unspecified atom stereocenters. The molecule has 0 aromatic rings. The first-order valence-electron chi connectivity index (χ1n) is 23.2. The zero-order valence-electron chi connectivity index (χ0n) is 37.3. The SMILES string of the molecule is CC/C=C\C/C=C\C/C=C\C/C=C\C/C=C\CC(=O)NC(COC1OC(CO)C(OC2OC(CO)C(O)C(O)C2O)C(O)C1O)C(O)/C=C/CCCCCCCCCCCCC. The van der Waals surface area contributed by atoms with E-state index in [1.165, 1.54) is 51.4 Å². The van der Waals surface area contributed by atoms with Crippen LogP contribution in [0, 0.1) is 0 Å². The number of rotatable bonds is 33. The predicted molar refractivity (Wildman–Crippen MR) is 240 cm³/mol. The molecule has 0 spiro atoms.